The maximum absolute atomic E-state index is 14.3. The number of amidine groups is 1. The minimum Gasteiger partial charge on any atom is -0.394 e. The SMILES string of the molecule is CC1(C)C(N)=N[C@](C)(c2cc(Br)ccc2F)C[S@]1=NCCO. The Hall–Kier alpha value is -0.790. The number of halogens is 2. The Bertz CT molecular complexity index is 648. The molecular weight excluding hydrogens is 369 g/mol. The number of aliphatic imine (C=N–C) groups is 1. The number of aliphatic hydroxyl groups excluding tert-OH is 1. The molecule has 122 valence electrons. The van der Waals surface area contributed by atoms with Crippen molar-refractivity contribution < 1.29 is 9.50 Å². The van der Waals surface area contributed by atoms with Gasteiger partial charge >= 0.3 is 0 Å². The summed E-state index contributed by atoms with van der Waals surface area (Å²) >= 11 is 3.38. The first-order chi connectivity index (χ1) is 10.2. The second-order valence-corrected chi connectivity index (χ2v) is 9.20. The molecule has 1 aromatic carbocycles. The Labute approximate surface area is 141 Å². The van der Waals surface area contributed by atoms with Gasteiger partial charge in [0.05, 0.1) is 23.4 Å². The van der Waals surface area contributed by atoms with Crippen molar-refractivity contribution in [1.82, 2.24) is 0 Å². The van der Waals surface area contributed by atoms with Gasteiger partial charge in [0.15, 0.2) is 0 Å². The molecule has 0 aromatic heterocycles. The fourth-order valence-electron chi connectivity index (χ4n) is 2.41. The first-order valence-corrected chi connectivity index (χ1v) is 9.16. The zero-order valence-electron chi connectivity index (χ0n) is 12.9. The topological polar surface area (TPSA) is 71.0 Å². The Morgan fingerprint density at radius 2 is 2.14 bits per heavy atom. The molecule has 0 bridgehead atoms. The number of hydrogen-bond acceptors (Lipinski definition) is 4. The Morgan fingerprint density at radius 3 is 2.77 bits per heavy atom. The van der Waals surface area contributed by atoms with Crippen LogP contribution >= 0.6 is 15.9 Å². The molecule has 2 atom stereocenters. The van der Waals surface area contributed by atoms with E-state index in [0.717, 1.165) is 4.47 Å². The molecule has 0 saturated carbocycles. The zero-order valence-corrected chi connectivity index (χ0v) is 15.3. The lowest BCUT2D eigenvalue weighted by Crippen LogP contribution is -2.52. The van der Waals surface area contributed by atoms with Gasteiger partial charge in [-0.3, -0.25) is 9.36 Å². The summed E-state index contributed by atoms with van der Waals surface area (Å²) < 4.78 is 19.3. The van der Waals surface area contributed by atoms with Gasteiger partial charge in [0, 0.05) is 15.8 Å². The summed E-state index contributed by atoms with van der Waals surface area (Å²) in [7, 11) is -0.443. The highest BCUT2D eigenvalue weighted by atomic mass is 79.9. The van der Waals surface area contributed by atoms with Crippen molar-refractivity contribution >= 4 is 32.5 Å². The van der Waals surface area contributed by atoms with Gasteiger partial charge in [-0.1, -0.05) is 26.6 Å². The van der Waals surface area contributed by atoms with Gasteiger partial charge in [0.25, 0.3) is 0 Å². The summed E-state index contributed by atoms with van der Waals surface area (Å²) in [6, 6.07) is 4.84. The van der Waals surface area contributed by atoms with Gasteiger partial charge in [-0.05, 0) is 39.0 Å². The van der Waals surface area contributed by atoms with Crippen molar-refractivity contribution in [2.75, 3.05) is 18.9 Å². The third-order valence-electron chi connectivity index (χ3n) is 3.85. The molecule has 0 amide bonds. The van der Waals surface area contributed by atoms with E-state index in [1.54, 1.807) is 12.1 Å². The van der Waals surface area contributed by atoms with Crippen LogP contribution in [-0.2, 0) is 16.2 Å². The molecule has 0 saturated heterocycles. The van der Waals surface area contributed by atoms with Crippen molar-refractivity contribution in [2.24, 2.45) is 15.1 Å². The minimum absolute atomic E-state index is 0.00140. The molecule has 0 radical (unpaired) electrons. The third kappa shape index (κ3) is 3.26. The number of rotatable bonds is 3. The smallest absolute Gasteiger partial charge is 0.128 e. The van der Waals surface area contributed by atoms with Gasteiger partial charge in [-0.2, -0.15) is 0 Å². The predicted molar refractivity (Wildman–Crippen MR) is 93.8 cm³/mol. The molecule has 0 aliphatic carbocycles. The van der Waals surface area contributed by atoms with E-state index in [1.165, 1.54) is 6.07 Å². The van der Waals surface area contributed by atoms with Crippen LogP contribution < -0.4 is 5.73 Å². The summed E-state index contributed by atoms with van der Waals surface area (Å²) in [6.45, 7) is 6.23. The van der Waals surface area contributed by atoms with Crippen LogP contribution in [0.1, 0.15) is 26.3 Å². The van der Waals surface area contributed by atoms with Crippen LogP contribution in [0.5, 0.6) is 0 Å². The van der Waals surface area contributed by atoms with E-state index in [0.29, 0.717) is 23.7 Å². The van der Waals surface area contributed by atoms with E-state index in [2.05, 4.69) is 25.3 Å². The molecule has 1 aliphatic heterocycles. The van der Waals surface area contributed by atoms with Gasteiger partial charge < -0.3 is 10.8 Å². The van der Waals surface area contributed by atoms with E-state index < -0.39 is 16.2 Å². The fraction of sp³-hybridized carbons (Fsp3) is 0.533. The number of benzene rings is 1. The largest absolute Gasteiger partial charge is 0.394 e. The average Bonchev–Trinajstić information content (AvgIpc) is 2.44. The first-order valence-electron chi connectivity index (χ1n) is 7.01. The van der Waals surface area contributed by atoms with Crippen molar-refractivity contribution in [3.05, 3.63) is 34.1 Å². The molecule has 1 heterocycles. The first kappa shape index (κ1) is 17.6. The quantitative estimate of drug-likeness (QED) is 0.833. The molecule has 3 N–H and O–H groups in total. The molecule has 1 aromatic rings. The number of nitrogens with zero attached hydrogens (tertiary/aromatic N) is 2. The van der Waals surface area contributed by atoms with E-state index in [9.17, 15) is 4.39 Å². The van der Waals surface area contributed by atoms with Crippen molar-refractivity contribution in [1.29, 1.82) is 0 Å². The highest BCUT2D eigenvalue weighted by Crippen LogP contribution is 2.37. The molecule has 1 aliphatic rings. The molecule has 7 heteroatoms. The van der Waals surface area contributed by atoms with Crippen LogP contribution in [0.3, 0.4) is 0 Å². The van der Waals surface area contributed by atoms with E-state index in [-0.39, 0.29) is 17.2 Å². The number of hydrogen-bond donors (Lipinski definition) is 2. The van der Waals surface area contributed by atoms with Crippen molar-refractivity contribution in [3.63, 3.8) is 0 Å². The van der Waals surface area contributed by atoms with Gasteiger partial charge in [-0.25, -0.2) is 4.39 Å². The maximum Gasteiger partial charge on any atom is 0.128 e. The van der Waals surface area contributed by atoms with E-state index in [4.69, 9.17) is 10.8 Å². The maximum atomic E-state index is 14.3. The summed E-state index contributed by atoms with van der Waals surface area (Å²) in [5.74, 6) is 0.756. The normalized spacial score (nSPS) is 27.7. The van der Waals surface area contributed by atoms with Gasteiger partial charge in [0.1, 0.15) is 11.7 Å². The third-order valence-corrected chi connectivity index (χ3v) is 7.06. The summed E-state index contributed by atoms with van der Waals surface area (Å²) in [6.07, 6.45) is 0. The van der Waals surface area contributed by atoms with Crippen molar-refractivity contribution in [2.45, 2.75) is 31.1 Å². The molecule has 0 unspecified atom stereocenters. The Balaban J connectivity index is 2.56. The van der Waals surface area contributed by atoms with Crippen LogP contribution in [0.15, 0.2) is 32.0 Å². The monoisotopic (exact) mass is 389 g/mol. The summed E-state index contributed by atoms with van der Waals surface area (Å²) in [5.41, 5.74) is 5.93. The molecular formula is C15H21BrFN3OS. The zero-order chi connectivity index (χ0) is 16.5. The molecule has 0 spiro atoms. The molecule has 22 heavy (non-hydrogen) atoms. The minimum atomic E-state index is -0.754. The molecule has 4 nitrogen and oxygen atoms in total. The van der Waals surface area contributed by atoms with Crippen molar-refractivity contribution in [3.8, 4) is 0 Å². The fourth-order valence-corrected chi connectivity index (χ4v) is 4.88. The Kier molecular flexibility index (Phi) is 5.09. The van der Waals surface area contributed by atoms with Gasteiger partial charge in [-0.15, -0.1) is 0 Å². The highest BCUT2D eigenvalue weighted by Gasteiger charge is 2.42. The molecule has 0 fully saturated rings. The lowest BCUT2D eigenvalue weighted by molar-refractivity contribution is 0.307. The lowest BCUT2D eigenvalue weighted by Gasteiger charge is -2.40. The highest BCUT2D eigenvalue weighted by molar-refractivity contribution is 9.10. The summed E-state index contributed by atoms with van der Waals surface area (Å²) in [4.78, 5) is 4.62. The van der Waals surface area contributed by atoms with E-state index in [1.807, 2.05) is 20.8 Å². The van der Waals surface area contributed by atoms with E-state index >= 15 is 0 Å². The Morgan fingerprint density at radius 1 is 1.45 bits per heavy atom. The summed E-state index contributed by atoms with van der Waals surface area (Å²) in [5, 5.41) is 9.04. The van der Waals surface area contributed by atoms with Crippen LogP contribution in [0.25, 0.3) is 0 Å². The second kappa shape index (κ2) is 6.37. The van der Waals surface area contributed by atoms with Crippen LogP contribution in [0.4, 0.5) is 4.39 Å². The lowest BCUT2D eigenvalue weighted by atomic mass is 9.93. The van der Waals surface area contributed by atoms with Gasteiger partial charge in [0.2, 0.25) is 0 Å². The number of nitrogens with two attached hydrogens (primary N) is 1. The standard InChI is InChI=1S/C15H21BrFN3OS/c1-14(2)13(18)20-15(3,9-22(14)19-6-7-21)11-8-10(16)4-5-12(11)17/h4-5,8,21H,6-7,9H2,1-3H3,(H2,18,20)/t15-,22+/m0/s1. The second-order valence-electron chi connectivity index (χ2n) is 5.99. The van der Waals surface area contributed by atoms with Crippen LogP contribution in [-0.4, -0.2) is 34.6 Å². The molecule has 2 rings (SSSR count). The van der Waals surface area contributed by atoms with Crippen LogP contribution in [0, 0.1) is 5.82 Å². The predicted octanol–water partition coefficient (Wildman–Crippen LogP) is 2.75. The van der Waals surface area contributed by atoms with Crippen LogP contribution in [0.2, 0.25) is 0 Å². The number of aliphatic hydroxyl groups is 1. The average molecular weight is 390 g/mol.